The fourth-order valence-electron chi connectivity index (χ4n) is 2.85. The van der Waals surface area contributed by atoms with Gasteiger partial charge in [0, 0.05) is 16.6 Å². The Morgan fingerprint density at radius 1 is 1.07 bits per heavy atom. The van der Waals surface area contributed by atoms with Crippen LogP contribution in [0.25, 0.3) is 11.0 Å². The van der Waals surface area contributed by atoms with Gasteiger partial charge in [0.15, 0.2) is 6.61 Å². The lowest BCUT2D eigenvalue weighted by molar-refractivity contribution is -0.146. The molecule has 1 aromatic heterocycles. The van der Waals surface area contributed by atoms with Crippen LogP contribution in [0.2, 0.25) is 0 Å². The summed E-state index contributed by atoms with van der Waals surface area (Å²) in [6.45, 7) is 5.08. The molecule has 0 aliphatic rings. The summed E-state index contributed by atoms with van der Waals surface area (Å²) in [6, 6.07) is 12.0. The van der Waals surface area contributed by atoms with Crippen molar-refractivity contribution in [3.63, 3.8) is 0 Å². The minimum absolute atomic E-state index is 0.00992. The summed E-state index contributed by atoms with van der Waals surface area (Å²) >= 11 is 0. The number of anilines is 1. The molecule has 7 nitrogen and oxygen atoms in total. The summed E-state index contributed by atoms with van der Waals surface area (Å²) in [7, 11) is 0. The van der Waals surface area contributed by atoms with E-state index in [0.29, 0.717) is 22.4 Å². The van der Waals surface area contributed by atoms with Crippen molar-refractivity contribution >= 4 is 34.5 Å². The number of benzene rings is 2. The number of nitrogens with one attached hydrogen (secondary N) is 1. The summed E-state index contributed by atoms with van der Waals surface area (Å²) in [4.78, 5) is 35.9. The molecule has 0 unspecified atom stereocenters. The maximum Gasteiger partial charge on any atom is 0.338 e. The second-order valence-corrected chi connectivity index (χ2v) is 7.18. The van der Waals surface area contributed by atoms with Crippen LogP contribution in [0.5, 0.6) is 0 Å². The lowest BCUT2D eigenvalue weighted by Crippen LogP contribution is -2.21. The van der Waals surface area contributed by atoms with E-state index in [1.54, 1.807) is 38.1 Å². The first-order valence-electron chi connectivity index (χ1n) is 9.55. The van der Waals surface area contributed by atoms with E-state index in [2.05, 4.69) is 5.32 Å². The third-order valence-electron chi connectivity index (χ3n) is 4.26. The fraction of sp³-hybridized carbons (Fsp3) is 0.261. The van der Waals surface area contributed by atoms with Crippen molar-refractivity contribution in [3.05, 3.63) is 65.4 Å². The van der Waals surface area contributed by atoms with Crippen molar-refractivity contribution in [3.8, 4) is 0 Å². The lowest BCUT2D eigenvalue weighted by atomic mass is 10.1. The third kappa shape index (κ3) is 5.47. The van der Waals surface area contributed by atoms with E-state index >= 15 is 0 Å². The smallest absolute Gasteiger partial charge is 0.338 e. The van der Waals surface area contributed by atoms with Crippen LogP contribution in [-0.4, -0.2) is 30.6 Å². The van der Waals surface area contributed by atoms with Gasteiger partial charge in [0.1, 0.15) is 5.58 Å². The monoisotopic (exact) mass is 409 g/mol. The number of carbonyl (C=O) groups is 3. The van der Waals surface area contributed by atoms with Gasteiger partial charge in [-0.15, -0.1) is 0 Å². The number of fused-ring (bicyclic) bond motifs is 1. The van der Waals surface area contributed by atoms with Crippen LogP contribution < -0.4 is 5.32 Å². The van der Waals surface area contributed by atoms with E-state index in [4.69, 9.17) is 13.9 Å². The van der Waals surface area contributed by atoms with Crippen LogP contribution in [0.3, 0.4) is 0 Å². The number of furan rings is 1. The minimum atomic E-state index is -0.528. The van der Waals surface area contributed by atoms with E-state index < -0.39 is 24.5 Å². The molecule has 0 aliphatic heterocycles. The molecule has 3 rings (SSSR count). The highest BCUT2D eigenvalue weighted by atomic mass is 16.5. The van der Waals surface area contributed by atoms with Crippen LogP contribution in [0.1, 0.15) is 35.3 Å². The highest BCUT2D eigenvalue weighted by Crippen LogP contribution is 2.23. The average molecular weight is 409 g/mol. The molecular weight excluding hydrogens is 386 g/mol. The predicted molar refractivity (Wildman–Crippen MR) is 111 cm³/mol. The van der Waals surface area contributed by atoms with Gasteiger partial charge in [-0.25, -0.2) is 4.79 Å². The van der Waals surface area contributed by atoms with Gasteiger partial charge in [-0.2, -0.15) is 0 Å². The number of rotatable bonds is 7. The number of carbonyl (C=O) groups excluding carboxylic acids is 3. The molecule has 0 saturated carbocycles. The zero-order valence-electron chi connectivity index (χ0n) is 17.1. The third-order valence-corrected chi connectivity index (χ3v) is 4.26. The van der Waals surface area contributed by atoms with Crippen molar-refractivity contribution in [2.24, 2.45) is 0 Å². The van der Waals surface area contributed by atoms with Crippen LogP contribution in [-0.2, 0) is 25.5 Å². The molecule has 0 spiro atoms. The van der Waals surface area contributed by atoms with Gasteiger partial charge in [-0.1, -0.05) is 12.1 Å². The van der Waals surface area contributed by atoms with Crippen molar-refractivity contribution in [1.29, 1.82) is 0 Å². The van der Waals surface area contributed by atoms with Crippen LogP contribution >= 0.6 is 0 Å². The van der Waals surface area contributed by atoms with Gasteiger partial charge >= 0.3 is 11.9 Å². The second-order valence-electron chi connectivity index (χ2n) is 7.18. The largest absolute Gasteiger partial charge is 0.464 e. The van der Waals surface area contributed by atoms with Crippen molar-refractivity contribution in [2.75, 3.05) is 11.9 Å². The number of ether oxygens (including phenoxy) is 2. The first-order valence-corrected chi connectivity index (χ1v) is 9.55. The maximum atomic E-state index is 12.1. The Bertz CT molecular complexity index is 1060. The first kappa shape index (κ1) is 21.1. The molecule has 0 saturated heterocycles. The van der Waals surface area contributed by atoms with E-state index in [1.807, 2.05) is 25.1 Å². The van der Waals surface area contributed by atoms with Crippen molar-refractivity contribution in [1.82, 2.24) is 0 Å². The molecule has 156 valence electrons. The molecule has 7 heteroatoms. The SMILES string of the molecule is Cc1ccc2c(CC(=O)OCC(=O)Nc3ccc(C(=O)OC(C)C)cc3)coc2c1. The summed E-state index contributed by atoms with van der Waals surface area (Å²) in [6.07, 6.45) is 1.32. The number of esters is 2. The zero-order valence-corrected chi connectivity index (χ0v) is 17.1. The molecule has 1 amide bonds. The predicted octanol–water partition coefficient (Wildman–Crippen LogP) is 4.03. The van der Waals surface area contributed by atoms with Gasteiger partial charge in [0.25, 0.3) is 5.91 Å². The Morgan fingerprint density at radius 3 is 2.50 bits per heavy atom. The molecule has 1 N–H and O–H groups in total. The normalized spacial score (nSPS) is 10.8. The Hall–Kier alpha value is -3.61. The van der Waals surface area contributed by atoms with Crippen LogP contribution in [0.4, 0.5) is 5.69 Å². The molecule has 0 atom stereocenters. The average Bonchev–Trinajstić information content (AvgIpc) is 3.08. The number of hydrogen-bond donors (Lipinski definition) is 1. The molecule has 3 aromatic rings. The van der Waals surface area contributed by atoms with Gasteiger partial charge < -0.3 is 19.2 Å². The molecule has 1 heterocycles. The lowest BCUT2D eigenvalue weighted by Gasteiger charge is -2.09. The van der Waals surface area contributed by atoms with Crippen LogP contribution in [0, 0.1) is 6.92 Å². The maximum absolute atomic E-state index is 12.1. The quantitative estimate of drug-likeness (QED) is 0.592. The second kappa shape index (κ2) is 9.26. The highest BCUT2D eigenvalue weighted by Gasteiger charge is 2.14. The summed E-state index contributed by atoms with van der Waals surface area (Å²) in [5, 5.41) is 3.46. The molecule has 0 fully saturated rings. The Balaban J connectivity index is 1.49. The fourth-order valence-corrected chi connectivity index (χ4v) is 2.85. The van der Waals surface area contributed by atoms with Gasteiger partial charge in [0.05, 0.1) is 24.4 Å². The molecule has 0 bridgehead atoms. The van der Waals surface area contributed by atoms with Crippen molar-refractivity contribution < 1.29 is 28.3 Å². The summed E-state index contributed by atoms with van der Waals surface area (Å²) in [5.41, 5.74) is 3.34. The Morgan fingerprint density at radius 2 is 1.80 bits per heavy atom. The molecule has 0 aliphatic carbocycles. The van der Waals surface area contributed by atoms with E-state index in [-0.39, 0.29) is 12.5 Å². The minimum Gasteiger partial charge on any atom is -0.464 e. The van der Waals surface area contributed by atoms with Gasteiger partial charge in [-0.05, 0) is 56.7 Å². The summed E-state index contributed by atoms with van der Waals surface area (Å²) < 4.78 is 15.6. The van der Waals surface area contributed by atoms with E-state index in [9.17, 15) is 14.4 Å². The van der Waals surface area contributed by atoms with Gasteiger partial charge in [-0.3, -0.25) is 9.59 Å². The molecule has 30 heavy (non-hydrogen) atoms. The topological polar surface area (TPSA) is 94.8 Å². The number of amides is 1. The van der Waals surface area contributed by atoms with E-state index in [1.165, 1.54) is 6.26 Å². The first-order chi connectivity index (χ1) is 14.3. The Labute approximate surface area is 174 Å². The van der Waals surface area contributed by atoms with Crippen molar-refractivity contribution in [2.45, 2.75) is 33.3 Å². The molecule has 2 aromatic carbocycles. The van der Waals surface area contributed by atoms with Crippen LogP contribution in [0.15, 0.2) is 53.1 Å². The summed E-state index contributed by atoms with van der Waals surface area (Å²) in [5.74, 6) is -1.44. The molecular formula is C23H23NO6. The number of hydrogen-bond acceptors (Lipinski definition) is 6. The highest BCUT2D eigenvalue weighted by molar-refractivity contribution is 5.94. The standard InChI is InChI=1S/C23H23NO6/c1-14(2)30-23(27)16-5-7-18(8-6-16)24-21(25)13-29-22(26)11-17-12-28-20-10-15(3)4-9-19(17)20/h4-10,12,14H,11,13H2,1-3H3,(H,24,25). The Kier molecular flexibility index (Phi) is 6.51. The van der Waals surface area contributed by atoms with E-state index in [0.717, 1.165) is 10.9 Å². The molecule has 0 radical (unpaired) electrons. The van der Waals surface area contributed by atoms with Gasteiger partial charge in [0.2, 0.25) is 0 Å². The zero-order chi connectivity index (χ0) is 21.7. The number of aryl methyl sites for hydroxylation is 1.